The Labute approximate surface area is 195 Å². The first-order valence-corrected chi connectivity index (χ1v) is 10.1. The maximum atomic E-state index is 13.2. The molecular formula is C23H19F6N3O3. The summed E-state index contributed by atoms with van der Waals surface area (Å²) < 4.78 is 79.7. The van der Waals surface area contributed by atoms with Crippen LogP contribution in [0.1, 0.15) is 44.5 Å². The van der Waals surface area contributed by atoms with Crippen molar-refractivity contribution < 1.29 is 41.0 Å². The number of aryl methyl sites for hydroxylation is 1. The van der Waals surface area contributed by atoms with E-state index in [9.17, 15) is 41.0 Å². The zero-order valence-corrected chi connectivity index (χ0v) is 18.3. The number of rotatable bonds is 6. The maximum Gasteiger partial charge on any atom is 0.416 e. The highest BCUT2D eigenvalue weighted by molar-refractivity contribution is 6.43. The topological polar surface area (TPSA) is 84.2 Å². The van der Waals surface area contributed by atoms with E-state index >= 15 is 0 Å². The number of halogens is 6. The molecule has 0 radical (unpaired) electrons. The Balaban J connectivity index is 1.80. The number of alkyl halides is 6. The minimum absolute atomic E-state index is 0.0130. The number of aromatic nitrogens is 2. The molecule has 0 saturated heterocycles. The van der Waals surface area contributed by atoms with E-state index in [1.54, 1.807) is 0 Å². The van der Waals surface area contributed by atoms with Crippen LogP contribution in [0.5, 0.6) is 0 Å². The minimum Gasteiger partial charge on any atom is -0.387 e. The summed E-state index contributed by atoms with van der Waals surface area (Å²) in [4.78, 5) is 25.1. The molecule has 0 aliphatic carbocycles. The zero-order valence-electron chi connectivity index (χ0n) is 18.3. The first-order valence-electron chi connectivity index (χ1n) is 10.1. The molecule has 0 saturated carbocycles. The van der Waals surface area contributed by atoms with Gasteiger partial charge in [-0.2, -0.15) is 31.4 Å². The number of nitrogens with zero attached hydrogens (tertiary/aromatic N) is 2. The minimum atomic E-state index is -4.73. The van der Waals surface area contributed by atoms with Crippen molar-refractivity contribution in [2.24, 2.45) is 0 Å². The van der Waals surface area contributed by atoms with E-state index in [0.717, 1.165) is 35.0 Å². The number of carbonyl (C=O) groups is 2. The molecule has 2 N–H and O–H groups in total. The number of Topliss-reactive ketones (excluding diaryl/α,β-unsaturated/α-hetero) is 1. The van der Waals surface area contributed by atoms with E-state index in [0.29, 0.717) is 0 Å². The fourth-order valence-corrected chi connectivity index (χ4v) is 3.58. The number of hydrogen-bond donors (Lipinski definition) is 2. The first kappa shape index (κ1) is 25.9. The normalized spacial score (nSPS) is 12.9. The second-order valence-corrected chi connectivity index (χ2v) is 7.65. The summed E-state index contributed by atoms with van der Waals surface area (Å²) in [5.41, 5.74) is -2.50. The van der Waals surface area contributed by atoms with Crippen molar-refractivity contribution in [3.8, 4) is 5.69 Å². The SMILES string of the molecule is Cc1nn(-c2cccc(C(F)(F)F)c2)c(C)c1C(=O)C(=O)NCC(O)c1ccccc1C(F)(F)F. The van der Waals surface area contributed by atoms with Crippen LogP contribution < -0.4 is 5.32 Å². The summed E-state index contributed by atoms with van der Waals surface area (Å²) in [6.07, 6.45) is -11.1. The molecule has 186 valence electrons. The van der Waals surface area contributed by atoms with Crippen LogP contribution in [0.4, 0.5) is 26.3 Å². The number of aliphatic hydroxyl groups is 1. The third kappa shape index (κ3) is 5.53. The molecule has 2 aromatic carbocycles. The van der Waals surface area contributed by atoms with Gasteiger partial charge in [0.15, 0.2) is 0 Å². The standard InChI is InChI=1S/C23H19F6N3O3/c1-12-19(13(2)32(31-12)15-7-5-6-14(10-15)22(24,25)26)20(34)21(35)30-11-18(33)16-8-3-4-9-17(16)23(27,28)29/h3-10,18,33H,11H2,1-2H3,(H,30,35). The van der Waals surface area contributed by atoms with Crippen molar-refractivity contribution in [2.75, 3.05) is 6.54 Å². The fourth-order valence-electron chi connectivity index (χ4n) is 3.58. The Morgan fingerprint density at radius 2 is 1.66 bits per heavy atom. The van der Waals surface area contributed by atoms with E-state index in [4.69, 9.17) is 0 Å². The summed E-state index contributed by atoms with van der Waals surface area (Å²) in [7, 11) is 0. The lowest BCUT2D eigenvalue weighted by molar-refractivity contribution is -0.139. The summed E-state index contributed by atoms with van der Waals surface area (Å²) in [6, 6.07) is 8.49. The van der Waals surface area contributed by atoms with Gasteiger partial charge in [-0.3, -0.25) is 9.59 Å². The molecular weight excluding hydrogens is 480 g/mol. The predicted octanol–water partition coefficient (Wildman–Crippen LogP) is 4.56. The first-order chi connectivity index (χ1) is 16.2. The molecule has 3 rings (SSSR count). The number of amides is 1. The Bertz CT molecular complexity index is 1260. The van der Waals surface area contributed by atoms with Crippen molar-refractivity contribution in [1.82, 2.24) is 15.1 Å². The summed E-state index contributed by atoms with van der Waals surface area (Å²) >= 11 is 0. The second kappa shape index (κ2) is 9.53. The fraction of sp³-hybridized carbons (Fsp3) is 0.261. The molecule has 6 nitrogen and oxygen atoms in total. The number of ketones is 1. The van der Waals surface area contributed by atoms with Crippen LogP contribution in [0, 0.1) is 13.8 Å². The van der Waals surface area contributed by atoms with Crippen LogP contribution >= 0.6 is 0 Å². The molecule has 0 spiro atoms. The molecule has 35 heavy (non-hydrogen) atoms. The molecule has 3 aromatic rings. The lowest BCUT2D eigenvalue weighted by Crippen LogP contribution is -2.35. The van der Waals surface area contributed by atoms with Crippen LogP contribution in [-0.2, 0) is 17.1 Å². The monoisotopic (exact) mass is 499 g/mol. The van der Waals surface area contributed by atoms with Crippen molar-refractivity contribution in [1.29, 1.82) is 0 Å². The number of benzene rings is 2. The summed E-state index contributed by atoms with van der Waals surface area (Å²) in [5, 5.41) is 16.3. The third-order valence-electron chi connectivity index (χ3n) is 5.22. The van der Waals surface area contributed by atoms with Crippen LogP contribution in [0.2, 0.25) is 0 Å². The van der Waals surface area contributed by atoms with Crippen LogP contribution in [0.3, 0.4) is 0 Å². The molecule has 0 fully saturated rings. The average Bonchev–Trinajstić information content (AvgIpc) is 3.09. The van der Waals surface area contributed by atoms with Crippen LogP contribution in [-0.4, -0.2) is 33.1 Å². The molecule has 0 aliphatic rings. The van der Waals surface area contributed by atoms with E-state index in [1.165, 1.54) is 32.0 Å². The Hall–Kier alpha value is -3.67. The van der Waals surface area contributed by atoms with Gasteiger partial charge < -0.3 is 10.4 Å². The van der Waals surface area contributed by atoms with Crippen molar-refractivity contribution >= 4 is 11.7 Å². The van der Waals surface area contributed by atoms with Gasteiger partial charge >= 0.3 is 12.4 Å². The quantitative estimate of drug-likeness (QED) is 0.296. The molecule has 0 aliphatic heterocycles. The highest BCUT2D eigenvalue weighted by atomic mass is 19.4. The third-order valence-corrected chi connectivity index (χ3v) is 5.22. The van der Waals surface area contributed by atoms with Crippen molar-refractivity contribution in [3.63, 3.8) is 0 Å². The predicted molar refractivity (Wildman–Crippen MR) is 112 cm³/mol. The van der Waals surface area contributed by atoms with Crippen molar-refractivity contribution in [3.05, 3.63) is 82.2 Å². The van der Waals surface area contributed by atoms with E-state index in [-0.39, 0.29) is 22.6 Å². The molecule has 12 heteroatoms. The Morgan fingerprint density at radius 1 is 1.00 bits per heavy atom. The largest absolute Gasteiger partial charge is 0.416 e. The van der Waals surface area contributed by atoms with Gasteiger partial charge in [-0.15, -0.1) is 0 Å². The van der Waals surface area contributed by atoms with E-state index in [1.807, 2.05) is 0 Å². The number of hydrogen-bond acceptors (Lipinski definition) is 4. The Kier molecular flexibility index (Phi) is 7.06. The second-order valence-electron chi connectivity index (χ2n) is 7.65. The van der Waals surface area contributed by atoms with Crippen molar-refractivity contribution in [2.45, 2.75) is 32.3 Å². The highest BCUT2D eigenvalue weighted by Crippen LogP contribution is 2.34. The van der Waals surface area contributed by atoms with Crippen LogP contribution in [0.25, 0.3) is 5.69 Å². The zero-order chi connectivity index (χ0) is 26.1. The van der Waals surface area contributed by atoms with Crippen LogP contribution in [0.15, 0.2) is 48.5 Å². The number of nitrogens with one attached hydrogen (secondary N) is 1. The van der Waals surface area contributed by atoms with Gasteiger partial charge in [-0.1, -0.05) is 24.3 Å². The number of aliphatic hydroxyl groups excluding tert-OH is 1. The lowest BCUT2D eigenvalue weighted by Gasteiger charge is -2.17. The Morgan fingerprint density at radius 3 is 2.29 bits per heavy atom. The van der Waals surface area contributed by atoms with Gasteiger partial charge in [0.2, 0.25) is 0 Å². The van der Waals surface area contributed by atoms with Gasteiger partial charge in [0.1, 0.15) is 0 Å². The summed E-state index contributed by atoms with van der Waals surface area (Å²) in [5.74, 6) is -2.32. The van der Waals surface area contributed by atoms with E-state index in [2.05, 4.69) is 10.4 Å². The van der Waals surface area contributed by atoms with Gasteiger partial charge in [0, 0.05) is 6.54 Å². The van der Waals surface area contributed by atoms with Gasteiger partial charge in [0.25, 0.3) is 11.7 Å². The molecule has 1 atom stereocenters. The molecule has 1 aromatic heterocycles. The van der Waals surface area contributed by atoms with Gasteiger partial charge in [-0.05, 0) is 43.7 Å². The average molecular weight is 499 g/mol. The lowest BCUT2D eigenvalue weighted by atomic mass is 10.0. The summed E-state index contributed by atoms with van der Waals surface area (Å²) in [6.45, 7) is 2.08. The highest BCUT2D eigenvalue weighted by Gasteiger charge is 2.35. The van der Waals surface area contributed by atoms with E-state index < -0.39 is 53.4 Å². The molecule has 1 unspecified atom stereocenters. The number of carbonyl (C=O) groups excluding carboxylic acids is 2. The smallest absolute Gasteiger partial charge is 0.387 e. The molecule has 0 bridgehead atoms. The molecule has 1 amide bonds. The molecule has 1 heterocycles. The van der Waals surface area contributed by atoms with Gasteiger partial charge in [0.05, 0.1) is 39.9 Å². The maximum absolute atomic E-state index is 13.2. The van der Waals surface area contributed by atoms with Gasteiger partial charge in [-0.25, -0.2) is 4.68 Å².